The maximum atomic E-state index is 13.5. The molecule has 2 aromatic rings. The maximum absolute atomic E-state index is 13.5. The van der Waals surface area contributed by atoms with Crippen LogP contribution in [0.2, 0.25) is 0 Å². The van der Waals surface area contributed by atoms with Crippen molar-refractivity contribution in [3.63, 3.8) is 0 Å². The minimum Gasteiger partial charge on any atom is -0.399 e. The molecule has 116 valence electrons. The van der Waals surface area contributed by atoms with Crippen molar-refractivity contribution < 1.29 is 26.7 Å². The van der Waals surface area contributed by atoms with Crippen molar-refractivity contribution in [2.24, 2.45) is 0 Å². The first kappa shape index (κ1) is 15.7. The van der Waals surface area contributed by atoms with Crippen molar-refractivity contribution >= 4 is 17.3 Å². The Labute approximate surface area is 121 Å². The standard InChI is InChI=1S/C14H9F5N2O/c15-9-4-7(3-8(5-9)14(17,18)19)13(22)21-12-6-10(20)1-2-11(12)16/h1-6H,20H2,(H,21,22). The number of hydrogen-bond acceptors (Lipinski definition) is 2. The molecule has 0 aliphatic carbocycles. The van der Waals surface area contributed by atoms with E-state index in [1.165, 1.54) is 6.07 Å². The topological polar surface area (TPSA) is 55.1 Å². The van der Waals surface area contributed by atoms with Crippen molar-refractivity contribution in [2.75, 3.05) is 11.1 Å². The second-order valence-corrected chi connectivity index (χ2v) is 4.42. The molecule has 0 saturated heterocycles. The van der Waals surface area contributed by atoms with E-state index in [0.29, 0.717) is 12.1 Å². The average Bonchev–Trinajstić information content (AvgIpc) is 2.41. The summed E-state index contributed by atoms with van der Waals surface area (Å²) in [4.78, 5) is 11.9. The number of nitrogens with one attached hydrogen (secondary N) is 1. The fourth-order valence-electron chi connectivity index (χ4n) is 1.72. The van der Waals surface area contributed by atoms with Gasteiger partial charge in [-0.1, -0.05) is 0 Å². The van der Waals surface area contributed by atoms with E-state index in [1.807, 2.05) is 5.32 Å². The van der Waals surface area contributed by atoms with Gasteiger partial charge in [0.1, 0.15) is 11.6 Å². The first-order valence-corrected chi connectivity index (χ1v) is 5.91. The number of alkyl halides is 3. The number of rotatable bonds is 2. The summed E-state index contributed by atoms with van der Waals surface area (Å²) in [5, 5.41) is 2.05. The van der Waals surface area contributed by atoms with E-state index >= 15 is 0 Å². The van der Waals surface area contributed by atoms with E-state index in [1.54, 1.807) is 0 Å². The van der Waals surface area contributed by atoms with Gasteiger partial charge in [-0.2, -0.15) is 13.2 Å². The van der Waals surface area contributed by atoms with E-state index in [2.05, 4.69) is 0 Å². The quantitative estimate of drug-likeness (QED) is 0.654. The summed E-state index contributed by atoms with van der Waals surface area (Å²) in [5.74, 6) is -3.14. The number of carbonyl (C=O) groups excluding carboxylic acids is 1. The van der Waals surface area contributed by atoms with Crippen LogP contribution in [-0.2, 0) is 6.18 Å². The molecule has 1 amide bonds. The summed E-state index contributed by atoms with van der Waals surface area (Å²) in [6.07, 6.45) is -4.81. The highest BCUT2D eigenvalue weighted by Gasteiger charge is 2.32. The number of nitrogen functional groups attached to an aromatic ring is 1. The third kappa shape index (κ3) is 3.51. The average molecular weight is 316 g/mol. The Kier molecular flexibility index (Phi) is 4.03. The summed E-state index contributed by atoms with van der Waals surface area (Å²) in [6.45, 7) is 0. The zero-order chi connectivity index (χ0) is 16.5. The lowest BCUT2D eigenvalue weighted by atomic mass is 10.1. The summed E-state index contributed by atoms with van der Waals surface area (Å²) < 4.78 is 64.4. The van der Waals surface area contributed by atoms with Gasteiger partial charge >= 0.3 is 6.18 Å². The maximum Gasteiger partial charge on any atom is 0.416 e. The largest absolute Gasteiger partial charge is 0.416 e. The predicted molar refractivity (Wildman–Crippen MR) is 70.2 cm³/mol. The molecule has 0 aromatic heterocycles. The van der Waals surface area contributed by atoms with Crippen LogP contribution in [0.15, 0.2) is 36.4 Å². The van der Waals surface area contributed by atoms with Crippen LogP contribution in [-0.4, -0.2) is 5.91 Å². The van der Waals surface area contributed by atoms with Gasteiger partial charge in [-0.3, -0.25) is 4.79 Å². The second kappa shape index (κ2) is 5.63. The van der Waals surface area contributed by atoms with Gasteiger partial charge in [0.25, 0.3) is 5.91 Å². The Bertz CT molecular complexity index is 728. The van der Waals surface area contributed by atoms with E-state index < -0.39 is 34.8 Å². The van der Waals surface area contributed by atoms with Gasteiger partial charge < -0.3 is 11.1 Å². The molecule has 0 fully saturated rings. The molecule has 0 atom stereocenters. The molecule has 8 heteroatoms. The van der Waals surface area contributed by atoms with Crippen LogP contribution >= 0.6 is 0 Å². The third-order valence-electron chi connectivity index (χ3n) is 2.73. The molecular formula is C14H9F5N2O. The smallest absolute Gasteiger partial charge is 0.399 e. The van der Waals surface area contributed by atoms with E-state index in [4.69, 9.17) is 5.73 Å². The molecule has 3 nitrogen and oxygen atoms in total. The molecule has 0 heterocycles. The zero-order valence-corrected chi connectivity index (χ0v) is 10.8. The van der Waals surface area contributed by atoms with Crippen molar-refractivity contribution in [3.8, 4) is 0 Å². The van der Waals surface area contributed by atoms with E-state index in [-0.39, 0.29) is 17.4 Å². The predicted octanol–water partition coefficient (Wildman–Crippen LogP) is 3.82. The Morgan fingerprint density at radius 1 is 1.05 bits per heavy atom. The van der Waals surface area contributed by atoms with Crippen LogP contribution in [0, 0.1) is 11.6 Å². The highest BCUT2D eigenvalue weighted by Crippen LogP contribution is 2.30. The summed E-state index contributed by atoms with van der Waals surface area (Å²) in [5.41, 5.74) is 3.35. The SMILES string of the molecule is Nc1ccc(F)c(NC(=O)c2cc(F)cc(C(F)(F)F)c2)c1. The molecular weight excluding hydrogens is 307 g/mol. The Hall–Kier alpha value is -2.64. The number of hydrogen-bond donors (Lipinski definition) is 2. The van der Waals surface area contributed by atoms with Gasteiger partial charge in [-0.15, -0.1) is 0 Å². The summed E-state index contributed by atoms with van der Waals surface area (Å²) >= 11 is 0. The minimum absolute atomic E-state index is 0.145. The Morgan fingerprint density at radius 2 is 1.73 bits per heavy atom. The number of benzene rings is 2. The van der Waals surface area contributed by atoms with Gasteiger partial charge in [0, 0.05) is 11.3 Å². The molecule has 2 aromatic carbocycles. The van der Waals surface area contributed by atoms with Crippen LogP contribution in [0.4, 0.5) is 33.3 Å². The lowest BCUT2D eigenvalue weighted by Gasteiger charge is -2.10. The third-order valence-corrected chi connectivity index (χ3v) is 2.73. The molecule has 0 aliphatic heterocycles. The molecule has 0 aliphatic rings. The molecule has 0 unspecified atom stereocenters. The molecule has 0 bridgehead atoms. The van der Waals surface area contributed by atoms with Crippen molar-refractivity contribution in [2.45, 2.75) is 6.18 Å². The molecule has 0 radical (unpaired) electrons. The second-order valence-electron chi connectivity index (χ2n) is 4.42. The van der Waals surface area contributed by atoms with Crippen LogP contribution < -0.4 is 11.1 Å². The molecule has 0 spiro atoms. The lowest BCUT2D eigenvalue weighted by Crippen LogP contribution is -2.15. The highest BCUT2D eigenvalue weighted by atomic mass is 19.4. The van der Waals surface area contributed by atoms with Crippen molar-refractivity contribution in [1.82, 2.24) is 0 Å². The van der Waals surface area contributed by atoms with Crippen LogP contribution in [0.1, 0.15) is 15.9 Å². The first-order chi connectivity index (χ1) is 10.2. The van der Waals surface area contributed by atoms with Gasteiger partial charge in [0.05, 0.1) is 11.3 Å². The fourth-order valence-corrected chi connectivity index (χ4v) is 1.72. The van der Waals surface area contributed by atoms with Gasteiger partial charge in [0.2, 0.25) is 0 Å². The normalized spacial score (nSPS) is 11.3. The van der Waals surface area contributed by atoms with Crippen molar-refractivity contribution in [3.05, 3.63) is 59.2 Å². The van der Waals surface area contributed by atoms with Gasteiger partial charge in [0.15, 0.2) is 0 Å². The van der Waals surface area contributed by atoms with E-state index in [9.17, 15) is 26.7 Å². The zero-order valence-electron chi connectivity index (χ0n) is 10.8. The first-order valence-electron chi connectivity index (χ1n) is 5.91. The van der Waals surface area contributed by atoms with Crippen molar-refractivity contribution in [1.29, 1.82) is 0 Å². The monoisotopic (exact) mass is 316 g/mol. The van der Waals surface area contributed by atoms with Gasteiger partial charge in [-0.25, -0.2) is 8.78 Å². The van der Waals surface area contributed by atoms with E-state index in [0.717, 1.165) is 12.1 Å². The molecule has 2 rings (SSSR count). The van der Waals surface area contributed by atoms with Crippen LogP contribution in [0.3, 0.4) is 0 Å². The number of amides is 1. The molecule has 0 saturated carbocycles. The number of carbonyl (C=O) groups is 1. The molecule has 3 N–H and O–H groups in total. The number of nitrogens with two attached hydrogens (primary N) is 1. The lowest BCUT2D eigenvalue weighted by molar-refractivity contribution is -0.137. The highest BCUT2D eigenvalue weighted by molar-refractivity contribution is 6.04. The summed E-state index contributed by atoms with van der Waals surface area (Å²) in [6, 6.07) is 4.68. The number of halogens is 5. The Morgan fingerprint density at radius 3 is 2.36 bits per heavy atom. The van der Waals surface area contributed by atoms with Crippen LogP contribution in [0.25, 0.3) is 0 Å². The Balaban J connectivity index is 2.34. The van der Waals surface area contributed by atoms with Crippen LogP contribution in [0.5, 0.6) is 0 Å². The summed E-state index contributed by atoms with van der Waals surface area (Å²) in [7, 11) is 0. The number of anilines is 2. The minimum atomic E-state index is -4.81. The fraction of sp³-hybridized carbons (Fsp3) is 0.0714. The molecule has 22 heavy (non-hydrogen) atoms. The van der Waals surface area contributed by atoms with Gasteiger partial charge in [-0.05, 0) is 36.4 Å².